The molecule has 0 aromatic heterocycles. The van der Waals surface area contributed by atoms with Crippen molar-refractivity contribution in [1.29, 1.82) is 0 Å². The fourth-order valence-electron chi connectivity index (χ4n) is 2.12. The van der Waals surface area contributed by atoms with Crippen LogP contribution >= 0.6 is 23.2 Å². The molecule has 25 heavy (non-hydrogen) atoms. The molecule has 6 nitrogen and oxygen atoms in total. The van der Waals surface area contributed by atoms with Crippen molar-refractivity contribution in [1.82, 2.24) is 10.7 Å². The number of benzene rings is 2. The van der Waals surface area contributed by atoms with Crippen LogP contribution < -0.4 is 21.5 Å². The molecule has 0 bridgehead atoms. The van der Waals surface area contributed by atoms with Crippen molar-refractivity contribution in [3.05, 3.63) is 58.1 Å². The van der Waals surface area contributed by atoms with E-state index in [-0.39, 0.29) is 11.9 Å². The van der Waals surface area contributed by atoms with Gasteiger partial charge in [-0.3, -0.25) is 15.6 Å². The van der Waals surface area contributed by atoms with Crippen LogP contribution in [0.1, 0.15) is 25.5 Å². The molecule has 0 aliphatic rings. The van der Waals surface area contributed by atoms with E-state index in [0.29, 0.717) is 21.4 Å². The molecule has 2 aromatic rings. The lowest BCUT2D eigenvalue weighted by Crippen LogP contribution is -2.40. The largest absolute Gasteiger partial charge is 0.333 e. The number of carbonyl (C=O) groups excluding carboxylic acids is 2. The molecule has 8 heteroatoms. The van der Waals surface area contributed by atoms with E-state index >= 15 is 0 Å². The van der Waals surface area contributed by atoms with Crippen molar-refractivity contribution in [3.63, 3.8) is 0 Å². The summed E-state index contributed by atoms with van der Waals surface area (Å²) in [6.07, 6.45) is 0. The molecule has 2 aromatic carbocycles. The normalized spacial score (nSPS) is 11.4. The summed E-state index contributed by atoms with van der Waals surface area (Å²) in [7, 11) is 0. The van der Waals surface area contributed by atoms with Gasteiger partial charge in [-0.25, -0.2) is 4.79 Å². The van der Waals surface area contributed by atoms with E-state index in [0.717, 1.165) is 5.56 Å². The van der Waals surface area contributed by atoms with E-state index in [4.69, 9.17) is 23.2 Å². The highest BCUT2D eigenvalue weighted by Crippen LogP contribution is 2.24. The first-order valence-electron chi connectivity index (χ1n) is 7.50. The summed E-state index contributed by atoms with van der Waals surface area (Å²) >= 11 is 11.8. The van der Waals surface area contributed by atoms with E-state index in [1.54, 1.807) is 30.3 Å². The van der Waals surface area contributed by atoms with Crippen LogP contribution in [0.15, 0.2) is 42.5 Å². The highest BCUT2D eigenvalue weighted by molar-refractivity contribution is 6.36. The van der Waals surface area contributed by atoms with Crippen LogP contribution in [0.5, 0.6) is 0 Å². The van der Waals surface area contributed by atoms with Crippen LogP contribution in [0, 0.1) is 0 Å². The number of rotatable bonds is 5. The van der Waals surface area contributed by atoms with Crippen LogP contribution in [0.4, 0.5) is 16.2 Å². The first-order chi connectivity index (χ1) is 11.8. The summed E-state index contributed by atoms with van der Waals surface area (Å²) in [6, 6.07) is 11.4. The third-order valence-corrected chi connectivity index (χ3v) is 3.84. The molecule has 0 saturated heterocycles. The third kappa shape index (κ3) is 5.85. The van der Waals surface area contributed by atoms with E-state index in [2.05, 4.69) is 21.5 Å². The molecule has 0 fully saturated rings. The van der Waals surface area contributed by atoms with Gasteiger partial charge in [0.05, 0.1) is 16.8 Å². The fraction of sp³-hybridized carbons (Fsp3) is 0.176. The van der Waals surface area contributed by atoms with Gasteiger partial charge >= 0.3 is 6.03 Å². The Kier molecular flexibility index (Phi) is 6.50. The molecular weight excluding hydrogens is 363 g/mol. The predicted molar refractivity (Wildman–Crippen MR) is 101 cm³/mol. The first-order valence-corrected chi connectivity index (χ1v) is 8.26. The molecule has 0 saturated carbocycles. The molecule has 0 aliphatic heterocycles. The zero-order valence-corrected chi connectivity index (χ0v) is 15.2. The van der Waals surface area contributed by atoms with Crippen LogP contribution in [-0.4, -0.2) is 11.9 Å². The van der Waals surface area contributed by atoms with Gasteiger partial charge in [-0.15, -0.1) is 0 Å². The summed E-state index contributed by atoms with van der Waals surface area (Å²) in [6.45, 7) is 3.27. The predicted octanol–water partition coefficient (Wildman–Crippen LogP) is 4.34. The zero-order chi connectivity index (χ0) is 18.4. The van der Waals surface area contributed by atoms with Crippen LogP contribution in [0.25, 0.3) is 0 Å². The van der Waals surface area contributed by atoms with Gasteiger partial charge in [-0.2, -0.15) is 0 Å². The second kappa shape index (κ2) is 8.60. The molecule has 0 aliphatic carbocycles. The smallest absolute Gasteiger partial charge is 0.330 e. The summed E-state index contributed by atoms with van der Waals surface area (Å²) in [4.78, 5) is 23.1. The van der Waals surface area contributed by atoms with E-state index < -0.39 is 6.03 Å². The molecule has 4 N–H and O–H groups in total. The second-order valence-corrected chi connectivity index (χ2v) is 6.22. The average Bonchev–Trinajstić information content (AvgIpc) is 2.53. The Labute approximate surface area is 155 Å². The van der Waals surface area contributed by atoms with Gasteiger partial charge < -0.3 is 10.6 Å². The molecule has 0 heterocycles. The van der Waals surface area contributed by atoms with Crippen molar-refractivity contribution >= 4 is 46.5 Å². The lowest BCUT2D eigenvalue weighted by Gasteiger charge is -2.17. The van der Waals surface area contributed by atoms with Crippen LogP contribution in [0.3, 0.4) is 0 Å². The molecule has 1 atom stereocenters. The van der Waals surface area contributed by atoms with Crippen molar-refractivity contribution in [2.45, 2.75) is 19.9 Å². The molecule has 132 valence electrons. The SMILES string of the molecule is CC(=O)Nc1cccc([C@H](C)NC(=O)NNc2ccc(Cl)cc2Cl)c1. The second-order valence-electron chi connectivity index (χ2n) is 5.38. The van der Waals surface area contributed by atoms with E-state index in [1.807, 2.05) is 19.1 Å². The Bertz CT molecular complexity index is 783. The van der Waals surface area contributed by atoms with E-state index in [9.17, 15) is 9.59 Å². The van der Waals surface area contributed by atoms with Gasteiger partial charge in [0, 0.05) is 17.6 Å². The van der Waals surface area contributed by atoms with Gasteiger partial charge in [-0.1, -0.05) is 35.3 Å². The highest BCUT2D eigenvalue weighted by Gasteiger charge is 2.10. The minimum Gasteiger partial charge on any atom is -0.330 e. The zero-order valence-electron chi connectivity index (χ0n) is 13.7. The van der Waals surface area contributed by atoms with Crippen molar-refractivity contribution in [2.24, 2.45) is 0 Å². The number of hydrogen-bond acceptors (Lipinski definition) is 3. The van der Waals surface area contributed by atoms with Crippen molar-refractivity contribution in [2.75, 3.05) is 10.7 Å². The Morgan fingerprint density at radius 2 is 1.84 bits per heavy atom. The van der Waals surface area contributed by atoms with E-state index in [1.165, 1.54) is 6.92 Å². The minimum absolute atomic E-state index is 0.153. The molecule has 2 rings (SSSR count). The van der Waals surface area contributed by atoms with Gasteiger partial charge in [0.25, 0.3) is 0 Å². The minimum atomic E-state index is -0.427. The summed E-state index contributed by atoms with van der Waals surface area (Å²) in [5.41, 5.74) is 7.29. The summed E-state index contributed by atoms with van der Waals surface area (Å²) in [5.74, 6) is -0.153. The maximum absolute atomic E-state index is 12.0. The van der Waals surface area contributed by atoms with Gasteiger partial charge in [0.2, 0.25) is 5.91 Å². The van der Waals surface area contributed by atoms with Crippen molar-refractivity contribution in [3.8, 4) is 0 Å². The number of carbonyl (C=O) groups is 2. The number of halogens is 2. The molecule has 0 unspecified atom stereocenters. The number of amides is 3. The highest BCUT2D eigenvalue weighted by atomic mass is 35.5. The summed E-state index contributed by atoms with van der Waals surface area (Å²) in [5, 5.41) is 6.39. The number of hydrogen-bond donors (Lipinski definition) is 4. The third-order valence-electron chi connectivity index (χ3n) is 3.30. The number of hydrazine groups is 1. The van der Waals surface area contributed by atoms with Crippen LogP contribution in [0.2, 0.25) is 10.0 Å². The van der Waals surface area contributed by atoms with Crippen molar-refractivity contribution < 1.29 is 9.59 Å². The lowest BCUT2D eigenvalue weighted by molar-refractivity contribution is -0.114. The molecular formula is C17H18Cl2N4O2. The van der Waals surface area contributed by atoms with Gasteiger partial charge in [0.1, 0.15) is 0 Å². The monoisotopic (exact) mass is 380 g/mol. The Morgan fingerprint density at radius 1 is 1.08 bits per heavy atom. The number of anilines is 2. The summed E-state index contributed by atoms with van der Waals surface area (Å²) < 4.78 is 0. The maximum atomic E-state index is 12.0. The average molecular weight is 381 g/mol. The van der Waals surface area contributed by atoms with Gasteiger partial charge in [0.15, 0.2) is 0 Å². The Morgan fingerprint density at radius 3 is 2.52 bits per heavy atom. The fourth-order valence-corrected chi connectivity index (χ4v) is 2.58. The molecule has 0 spiro atoms. The quantitative estimate of drug-likeness (QED) is 0.582. The maximum Gasteiger partial charge on any atom is 0.333 e. The lowest BCUT2D eigenvalue weighted by atomic mass is 10.1. The number of urea groups is 1. The van der Waals surface area contributed by atoms with Crippen LogP contribution in [-0.2, 0) is 4.79 Å². The first kappa shape index (κ1) is 18.9. The molecule has 3 amide bonds. The van der Waals surface area contributed by atoms with Gasteiger partial charge in [-0.05, 0) is 42.8 Å². The number of nitrogens with one attached hydrogen (secondary N) is 4. The topological polar surface area (TPSA) is 82.3 Å². The Hall–Kier alpha value is -2.44. The molecule has 0 radical (unpaired) electrons. The standard InChI is InChI=1S/C17H18Cl2N4O2/c1-10(12-4-3-5-14(8-12)21-11(2)24)20-17(25)23-22-16-7-6-13(18)9-15(16)19/h3-10,22H,1-2H3,(H,21,24)(H2,20,23,25)/t10-/m0/s1. The Balaban J connectivity index is 1.92.